The Morgan fingerprint density at radius 3 is 3.00 bits per heavy atom. The molecule has 1 atom stereocenters. The van der Waals surface area contributed by atoms with E-state index in [2.05, 4.69) is 26.2 Å². The van der Waals surface area contributed by atoms with E-state index in [4.69, 9.17) is 0 Å². The average Bonchev–Trinajstić information content (AvgIpc) is 2.57. The first-order valence-electron chi connectivity index (χ1n) is 5.22. The number of nitrogens with zero attached hydrogens (tertiary/aromatic N) is 2. The van der Waals surface area contributed by atoms with Crippen LogP contribution in [0.1, 0.15) is 12.0 Å². The van der Waals surface area contributed by atoms with Crippen molar-refractivity contribution >= 4 is 27.7 Å². The summed E-state index contributed by atoms with van der Waals surface area (Å²) in [6.45, 7) is 2.81. The third-order valence-corrected chi connectivity index (χ3v) is 3.82. The van der Waals surface area contributed by atoms with Crippen molar-refractivity contribution in [2.45, 2.75) is 19.4 Å². The second kappa shape index (κ2) is 4.41. The molecule has 0 aliphatic carbocycles. The highest BCUT2D eigenvalue weighted by Gasteiger charge is 2.29. The second-order valence-corrected chi connectivity index (χ2v) is 4.83. The molecule has 86 valence electrons. The zero-order chi connectivity index (χ0) is 11.7. The van der Waals surface area contributed by atoms with Gasteiger partial charge in [0.2, 0.25) is 5.91 Å². The van der Waals surface area contributed by atoms with Crippen molar-refractivity contribution < 1.29 is 4.79 Å². The Morgan fingerprint density at radius 2 is 2.38 bits per heavy atom. The summed E-state index contributed by atoms with van der Waals surface area (Å²) >= 11 is 3.47. The molecule has 1 aliphatic heterocycles. The van der Waals surface area contributed by atoms with E-state index in [0.717, 1.165) is 28.8 Å². The maximum atomic E-state index is 11.7. The summed E-state index contributed by atoms with van der Waals surface area (Å²) in [7, 11) is 1.82. The minimum absolute atomic E-state index is 0.134. The van der Waals surface area contributed by atoms with E-state index >= 15 is 0 Å². The number of halogens is 1. The molecular weight excluding hydrogens is 270 g/mol. The summed E-state index contributed by atoms with van der Waals surface area (Å²) in [5, 5.41) is 3.18. The fourth-order valence-corrected chi connectivity index (χ4v) is 2.11. The van der Waals surface area contributed by atoms with E-state index in [1.54, 1.807) is 11.1 Å². The molecule has 1 unspecified atom stereocenters. The van der Waals surface area contributed by atoms with Crippen molar-refractivity contribution in [3.05, 3.63) is 22.3 Å². The molecule has 0 radical (unpaired) electrons. The number of aryl methyl sites for hydroxylation is 1. The van der Waals surface area contributed by atoms with Crippen molar-refractivity contribution in [2.75, 3.05) is 18.9 Å². The normalized spacial score (nSPS) is 20.3. The van der Waals surface area contributed by atoms with Crippen LogP contribution in [-0.4, -0.2) is 35.4 Å². The molecule has 1 aromatic rings. The van der Waals surface area contributed by atoms with Crippen LogP contribution in [0.5, 0.6) is 0 Å². The quantitative estimate of drug-likeness (QED) is 0.900. The number of hydrogen-bond donors (Lipinski definition) is 1. The van der Waals surface area contributed by atoms with Gasteiger partial charge in [0.05, 0.1) is 4.47 Å². The number of nitrogens with one attached hydrogen (secondary N) is 1. The molecule has 1 aliphatic rings. The van der Waals surface area contributed by atoms with E-state index in [-0.39, 0.29) is 11.9 Å². The summed E-state index contributed by atoms with van der Waals surface area (Å²) in [6, 6.07) is 1.79. The summed E-state index contributed by atoms with van der Waals surface area (Å²) in [6.07, 6.45) is 2.57. The largest absolute Gasteiger partial charge is 0.357 e. The predicted octanol–water partition coefficient (Wildman–Crippen LogP) is 1.80. The van der Waals surface area contributed by atoms with E-state index in [1.165, 1.54) is 0 Å². The molecule has 2 heterocycles. The highest BCUT2D eigenvalue weighted by atomic mass is 79.9. The lowest BCUT2D eigenvalue weighted by atomic mass is 10.2. The van der Waals surface area contributed by atoms with Crippen LogP contribution in [-0.2, 0) is 4.79 Å². The van der Waals surface area contributed by atoms with Gasteiger partial charge in [-0.05, 0) is 40.9 Å². The summed E-state index contributed by atoms with van der Waals surface area (Å²) < 4.78 is 0.928. The van der Waals surface area contributed by atoms with Gasteiger partial charge >= 0.3 is 0 Å². The lowest BCUT2D eigenvalue weighted by Gasteiger charge is -2.14. The molecule has 1 saturated heterocycles. The molecule has 1 amide bonds. The first-order valence-corrected chi connectivity index (χ1v) is 6.01. The number of carbonyl (C=O) groups is 1. The van der Waals surface area contributed by atoms with Crippen molar-refractivity contribution in [1.29, 1.82) is 0 Å². The number of likely N-dealkylation sites (N-methyl/N-ethyl adjacent to an activating group) is 1. The summed E-state index contributed by atoms with van der Waals surface area (Å²) in [5.41, 5.74) is 1.11. The molecule has 4 nitrogen and oxygen atoms in total. The summed E-state index contributed by atoms with van der Waals surface area (Å²) in [4.78, 5) is 17.7. The third-order valence-electron chi connectivity index (χ3n) is 2.82. The van der Waals surface area contributed by atoms with Gasteiger partial charge in [0, 0.05) is 19.8 Å². The van der Waals surface area contributed by atoms with Crippen LogP contribution in [0.25, 0.3) is 0 Å². The van der Waals surface area contributed by atoms with Gasteiger partial charge in [0.25, 0.3) is 0 Å². The predicted molar refractivity (Wildman–Crippen MR) is 66.3 cm³/mol. The number of likely N-dealkylation sites (tertiary alicyclic amines) is 1. The lowest BCUT2D eigenvalue weighted by Crippen LogP contribution is -2.31. The Kier molecular flexibility index (Phi) is 3.14. The van der Waals surface area contributed by atoms with Gasteiger partial charge in [-0.1, -0.05) is 0 Å². The Morgan fingerprint density at radius 1 is 1.62 bits per heavy atom. The number of rotatable bonds is 2. The van der Waals surface area contributed by atoms with E-state index in [0.29, 0.717) is 0 Å². The van der Waals surface area contributed by atoms with Crippen LogP contribution in [0.2, 0.25) is 0 Å². The zero-order valence-electron chi connectivity index (χ0n) is 9.33. The average molecular weight is 284 g/mol. The smallest absolute Gasteiger partial charge is 0.244 e. The molecule has 0 spiro atoms. The molecule has 0 bridgehead atoms. The highest BCUT2D eigenvalue weighted by Crippen LogP contribution is 2.25. The van der Waals surface area contributed by atoms with Gasteiger partial charge in [-0.3, -0.25) is 4.79 Å². The van der Waals surface area contributed by atoms with Crippen LogP contribution in [0, 0.1) is 6.92 Å². The van der Waals surface area contributed by atoms with Crippen LogP contribution in [0.3, 0.4) is 0 Å². The molecular formula is C11H14BrN3O. The maximum absolute atomic E-state index is 11.7. The monoisotopic (exact) mass is 283 g/mol. The van der Waals surface area contributed by atoms with Gasteiger partial charge in [-0.15, -0.1) is 0 Å². The van der Waals surface area contributed by atoms with Crippen LogP contribution < -0.4 is 5.32 Å². The Balaban J connectivity index is 2.16. The number of carbonyl (C=O) groups excluding carboxylic acids is 1. The van der Waals surface area contributed by atoms with Gasteiger partial charge < -0.3 is 10.2 Å². The maximum Gasteiger partial charge on any atom is 0.244 e. The summed E-state index contributed by atoms with van der Waals surface area (Å²) in [5.74, 6) is 0.879. The van der Waals surface area contributed by atoms with Crippen LogP contribution >= 0.6 is 15.9 Å². The lowest BCUT2D eigenvalue weighted by molar-refractivity contribution is -0.127. The van der Waals surface area contributed by atoms with Gasteiger partial charge in [-0.25, -0.2) is 4.98 Å². The fourth-order valence-electron chi connectivity index (χ4n) is 1.76. The Bertz CT molecular complexity index is 422. The van der Waals surface area contributed by atoms with E-state index in [1.807, 2.05) is 20.0 Å². The number of amides is 1. The minimum atomic E-state index is -0.143. The third kappa shape index (κ3) is 2.04. The molecule has 0 saturated carbocycles. The standard InChI is InChI=1S/C11H14BrN3O/c1-7-3-5-13-10(9(7)12)14-8-4-6-15(2)11(8)16/h3,5,8H,4,6H2,1-2H3,(H,13,14). The number of aromatic nitrogens is 1. The van der Waals surface area contributed by atoms with Crippen LogP contribution in [0.15, 0.2) is 16.7 Å². The molecule has 1 fully saturated rings. The molecule has 16 heavy (non-hydrogen) atoms. The number of anilines is 1. The SMILES string of the molecule is Cc1ccnc(NC2CCN(C)C2=O)c1Br. The minimum Gasteiger partial charge on any atom is -0.357 e. The molecule has 2 rings (SSSR count). The Hall–Kier alpha value is -1.10. The fraction of sp³-hybridized carbons (Fsp3) is 0.455. The number of hydrogen-bond acceptors (Lipinski definition) is 3. The van der Waals surface area contributed by atoms with Crippen LogP contribution in [0.4, 0.5) is 5.82 Å². The van der Waals surface area contributed by atoms with E-state index < -0.39 is 0 Å². The topological polar surface area (TPSA) is 45.2 Å². The van der Waals surface area contributed by atoms with Gasteiger partial charge in [0.1, 0.15) is 11.9 Å². The first-order chi connectivity index (χ1) is 7.59. The van der Waals surface area contributed by atoms with Crippen molar-refractivity contribution in [1.82, 2.24) is 9.88 Å². The van der Waals surface area contributed by atoms with Crippen molar-refractivity contribution in [2.24, 2.45) is 0 Å². The highest BCUT2D eigenvalue weighted by molar-refractivity contribution is 9.10. The molecule has 0 aromatic carbocycles. The van der Waals surface area contributed by atoms with Gasteiger partial charge in [0.15, 0.2) is 0 Å². The Labute approximate surface area is 103 Å². The molecule has 1 N–H and O–H groups in total. The first kappa shape index (κ1) is 11.4. The van der Waals surface area contributed by atoms with Gasteiger partial charge in [-0.2, -0.15) is 0 Å². The second-order valence-electron chi connectivity index (χ2n) is 4.04. The zero-order valence-corrected chi connectivity index (χ0v) is 10.9. The molecule has 5 heteroatoms. The van der Waals surface area contributed by atoms with E-state index in [9.17, 15) is 4.79 Å². The molecule has 1 aromatic heterocycles. The van der Waals surface area contributed by atoms with Crippen molar-refractivity contribution in [3.8, 4) is 0 Å². The van der Waals surface area contributed by atoms with Crippen molar-refractivity contribution in [3.63, 3.8) is 0 Å². The number of pyridine rings is 1.